The van der Waals surface area contributed by atoms with E-state index in [1.807, 2.05) is 0 Å². The number of hydrazine groups is 1. The Bertz CT molecular complexity index is 474. The lowest BCUT2D eigenvalue weighted by Gasteiger charge is -2.11. The van der Waals surface area contributed by atoms with Crippen LogP contribution in [0.4, 0.5) is 0 Å². The number of nitrogens with one attached hydrogen (secondary N) is 3. The minimum Gasteiger partial charge on any atom is -0.497 e. The summed E-state index contributed by atoms with van der Waals surface area (Å²) in [6, 6.07) is 7.44. The monoisotopic (exact) mass is 295 g/mol. The van der Waals surface area contributed by atoms with Crippen LogP contribution in [0.2, 0.25) is 0 Å². The van der Waals surface area contributed by atoms with Crippen LogP contribution in [-0.2, 0) is 4.79 Å². The highest BCUT2D eigenvalue weighted by molar-refractivity contribution is 7.80. The molecule has 20 heavy (non-hydrogen) atoms. The van der Waals surface area contributed by atoms with Gasteiger partial charge in [-0.15, -0.1) is 0 Å². The molecule has 1 amide bonds. The van der Waals surface area contributed by atoms with Crippen molar-refractivity contribution < 1.29 is 14.3 Å². The van der Waals surface area contributed by atoms with Crippen LogP contribution in [0.5, 0.6) is 11.5 Å². The molecule has 1 aliphatic rings. The molecule has 0 unspecified atom stereocenters. The number of carbonyl (C=O) groups excluding carboxylic acids is 1. The van der Waals surface area contributed by atoms with Crippen molar-refractivity contribution in [1.29, 1.82) is 0 Å². The van der Waals surface area contributed by atoms with Gasteiger partial charge in [0.2, 0.25) is 0 Å². The summed E-state index contributed by atoms with van der Waals surface area (Å²) in [6.45, 7) is -0.0919. The predicted molar refractivity (Wildman–Crippen MR) is 78.5 cm³/mol. The first kappa shape index (κ1) is 14.4. The van der Waals surface area contributed by atoms with Crippen LogP contribution in [-0.4, -0.2) is 30.8 Å². The molecule has 1 fully saturated rings. The predicted octanol–water partition coefficient (Wildman–Crippen LogP) is 0.732. The molecule has 2 rings (SSSR count). The van der Waals surface area contributed by atoms with Gasteiger partial charge in [-0.1, -0.05) is 0 Å². The molecule has 0 atom stereocenters. The van der Waals surface area contributed by atoms with Crippen LogP contribution < -0.4 is 25.6 Å². The number of amides is 1. The Hall–Kier alpha value is -2.02. The first-order valence-corrected chi connectivity index (χ1v) is 6.70. The summed E-state index contributed by atoms with van der Waals surface area (Å²) in [5.41, 5.74) is 5.10. The van der Waals surface area contributed by atoms with Gasteiger partial charge >= 0.3 is 0 Å². The summed E-state index contributed by atoms with van der Waals surface area (Å²) in [5.74, 6) is 1.03. The van der Waals surface area contributed by atoms with E-state index in [0.29, 0.717) is 16.9 Å². The number of benzene rings is 1. The van der Waals surface area contributed by atoms with Gasteiger partial charge in [0.15, 0.2) is 11.7 Å². The Kier molecular flexibility index (Phi) is 5.00. The summed E-state index contributed by atoms with van der Waals surface area (Å²) >= 11 is 5.00. The highest BCUT2D eigenvalue weighted by atomic mass is 32.1. The van der Waals surface area contributed by atoms with Crippen LogP contribution in [0, 0.1) is 0 Å². The summed E-state index contributed by atoms with van der Waals surface area (Å²) in [6.07, 6.45) is 2.24. The topological polar surface area (TPSA) is 71.6 Å². The third-order valence-electron chi connectivity index (χ3n) is 2.66. The highest BCUT2D eigenvalue weighted by Crippen LogP contribution is 2.18. The molecular formula is C13H17N3O3S. The van der Waals surface area contributed by atoms with Crippen molar-refractivity contribution in [2.75, 3.05) is 13.7 Å². The van der Waals surface area contributed by atoms with Crippen molar-refractivity contribution in [3.05, 3.63) is 24.3 Å². The normalized spacial score (nSPS) is 13.2. The quantitative estimate of drug-likeness (QED) is 0.549. The van der Waals surface area contributed by atoms with Gasteiger partial charge in [-0.05, 0) is 49.3 Å². The summed E-state index contributed by atoms with van der Waals surface area (Å²) in [7, 11) is 1.59. The molecule has 1 aliphatic carbocycles. The van der Waals surface area contributed by atoms with Crippen molar-refractivity contribution in [3.63, 3.8) is 0 Å². The molecule has 6 nitrogen and oxygen atoms in total. The fraction of sp³-hybridized carbons (Fsp3) is 0.385. The minimum atomic E-state index is -0.305. The second-order valence-corrected chi connectivity index (χ2v) is 4.79. The molecule has 1 saturated carbocycles. The summed E-state index contributed by atoms with van der Waals surface area (Å²) in [5, 5.41) is 3.47. The van der Waals surface area contributed by atoms with E-state index in [4.69, 9.17) is 21.7 Å². The lowest BCUT2D eigenvalue weighted by Crippen LogP contribution is -2.48. The molecule has 108 valence electrons. The fourth-order valence-electron chi connectivity index (χ4n) is 1.43. The second-order valence-electron chi connectivity index (χ2n) is 4.39. The Labute approximate surface area is 122 Å². The Morgan fingerprint density at radius 2 is 1.90 bits per heavy atom. The van der Waals surface area contributed by atoms with Crippen molar-refractivity contribution in [3.8, 4) is 11.5 Å². The molecule has 1 aromatic rings. The van der Waals surface area contributed by atoms with Gasteiger partial charge in [0.25, 0.3) is 5.91 Å². The lowest BCUT2D eigenvalue weighted by atomic mass is 10.3. The van der Waals surface area contributed by atoms with Gasteiger partial charge in [-0.3, -0.25) is 15.6 Å². The average Bonchev–Trinajstić information content (AvgIpc) is 3.27. The van der Waals surface area contributed by atoms with Crippen LogP contribution in [0.25, 0.3) is 0 Å². The van der Waals surface area contributed by atoms with E-state index >= 15 is 0 Å². The van der Waals surface area contributed by atoms with Crippen molar-refractivity contribution in [2.24, 2.45) is 0 Å². The van der Waals surface area contributed by atoms with E-state index in [2.05, 4.69) is 16.2 Å². The standard InChI is InChI=1S/C13H17N3O3S/c1-18-10-4-6-11(7-5-10)19-8-12(17)15-16-13(20)14-9-2-3-9/h4-7,9H,2-3,8H2,1H3,(H,15,17)(H2,14,16,20). The molecule has 0 aromatic heterocycles. The SMILES string of the molecule is COc1ccc(OCC(=O)NNC(=S)NC2CC2)cc1. The van der Waals surface area contributed by atoms with Gasteiger partial charge < -0.3 is 14.8 Å². The zero-order valence-corrected chi connectivity index (χ0v) is 12.0. The smallest absolute Gasteiger partial charge is 0.276 e. The van der Waals surface area contributed by atoms with E-state index in [1.54, 1.807) is 31.4 Å². The van der Waals surface area contributed by atoms with E-state index in [9.17, 15) is 4.79 Å². The highest BCUT2D eigenvalue weighted by Gasteiger charge is 2.21. The van der Waals surface area contributed by atoms with Gasteiger partial charge in [-0.2, -0.15) is 0 Å². The van der Waals surface area contributed by atoms with E-state index in [0.717, 1.165) is 18.6 Å². The van der Waals surface area contributed by atoms with Crippen LogP contribution in [0.3, 0.4) is 0 Å². The van der Waals surface area contributed by atoms with Gasteiger partial charge in [0, 0.05) is 6.04 Å². The molecule has 1 aromatic carbocycles. The van der Waals surface area contributed by atoms with Crippen molar-refractivity contribution in [1.82, 2.24) is 16.2 Å². The summed E-state index contributed by atoms with van der Waals surface area (Å²) in [4.78, 5) is 11.5. The number of hydrogen-bond acceptors (Lipinski definition) is 4. The Balaban J connectivity index is 1.64. The fourth-order valence-corrected chi connectivity index (χ4v) is 1.65. The van der Waals surface area contributed by atoms with E-state index in [1.165, 1.54) is 0 Å². The minimum absolute atomic E-state index is 0.0919. The van der Waals surface area contributed by atoms with Gasteiger partial charge in [0.1, 0.15) is 11.5 Å². The molecular weight excluding hydrogens is 278 g/mol. The van der Waals surface area contributed by atoms with Gasteiger partial charge in [0.05, 0.1) is 7.11 Å². The Morgan fingerprint density at radius 3 is 2.50 bits per heavy atom. The number of hydrogen-bond donors (Lipinski definition) is 3. The van der Waals surface area contributed by atoms with Crippen molar-refractivity contribution in [2.45, 2.75) is 18.9 Å². The van der Waals surface area contributed by atoms with E-state index < -0.39 is 0 Å². The van der Waals surface area contributed by atoms with Crippen molar-refractivity contribution >= 4 is 23.2 Å². The summed E-state index contributed by atoms with van der Waals surface area (Å²) < 4.78 is 10.4. The molecule has 0 saturated heterocycles. The number of carbonyl (C=O) groups is 1. The number of thiocarbonyl (C=S) groups is 1. The molecule has 0 spiro atoms. The maximum Gasteiger partial charge on any atom is 0.276 e. The molecule has 3 N–H and O–H groups in total. The third-order valence-corrected chi connectivity index (χ3v) is 2.88. The van der Waals surface area contributed by atoms with Gasteiger partial charge in [-0.25, -0.2) is 0 Å². The maximum atomic E-state index is 11.5. The largest absolute Gasteiger partial charge is 0.497 e. The first-order chi connectivity index (χ1) is 9.67. The second kappa shape index (κ2) is 6.95. The number of rotatable bonds is 5. The molecule has 0 aliphatic heterocycles. The lowest BCUT2D eigenvalue weighted by molar-refractivity contribution is -0.123. The average molecular weight is 295 g/mol. The van der Waals surface area contributed by atoms with Crippen LogP contribution in [0.15, 0.2) is 24.3 Å². The molecule has 7 heteroatoms. The van der Waals surface area contributed by atoms with Crippen LogP contribution >= 0.6 is 12.2 Å². The van der Waals surface area contributed by atoms with Crippen LogP contribution in [0.1, 0.15) is 12.8 Å². The number of methoxy groups -OCH3 is 1. The molecule has 0 heterocycles. The number of ether oxygens (including phenoxy) is 2. The maximum absolute atomic E-state index is 11.5. The first-order valence-electron chi connectivity index (χ1n) is 6.29. The zero-order valence-electron chi connectivity index (χ0n) is 11.1. The third kappa shape index (κ3) is 4.93. The molecule has 0 radical (unpaired) electrons. The zero-order chi connectivity index (χ0) is 14.4. The van der Waals surface area contributed by atoms with E-state index in [-0.39, 0.29) is 12.5 Å². The Morgan fingerprint density at radius 1 is 1.25 bits per heavy atom. The molecule has 0 bridgehead atoms.